The number of nitrogens with zero attached hydrogens (tertiary/aromatic N) is 2. The molecule has 236 valence electrons. The zero-order chi connectivity index (χ0) is 33.4. The van der Waals surface area contributed by atoms with Crippen LogP contribution in [0.4, 0.5) is 0 Å². The molecular weight excluding hydrogens is 609 g/mol. The molecule has 1 aliphatic carbocycles. The molecule has 0 N–H and O–H groups in total. The predicted octanol–water partition coefficient (Wildman–Crippen LogP) is 12.5. The SMILES string of the molecule is CC1(C)c2ccccc2-c2c(-c3ccc(-c4nc(-c5ccccc5)cc(-c5ccc6c(c5)oc5ccccc56)n4)c4ccccc34)cccc21. The summed E-state index contributed by atoms with van der Waals surface area (Å²) in [4.78, 5) is 10.5. The fraction of sp³-hybridized carbons (Fsp3) is 0.0638. The van der Waals surface area contributed by atoms with E-state index >= 15 is 0 Å². The molecule has 2 heterocycles. The second-order valence-corrected chi connectivity index (χ2v) is 13.7. The highest BCUT2D eigenvalue weighted by Gasteiger charge is 2.36. The van der Waals surface area contributed by atoms with Crippen LogP contribution in [0.3, 0.4) is 0 Å². The number of aromatic nitrogens is 2. The van der Waals surface area contributed by atoms with Gasteiger partial charge in [-0.25, -0.2) is 9.97 Å². The summed E-state index contributed by atoms with van der Waals surface area (Å²) < 4.78 is 6.28. The maximum Gasteiger partial charge on any atom is 0.161 e. The molecule has 0 bridgehead atoms. The van der Waals surface area contributed by atoms with Crippen LogP contribution >= 0.6 is 0 Å². The summed E-state index contributed by atoms with van der Waals surface area (Å²) in [6, 6.07) is 55.8. The Balaban J connectivity index is 1.18. The van der Waals surface area contributed by atoms with Gasteiger partial charge in [0.25, 0.3) is 0 Å². The number of hydrogen-bond acceptors (Lipinski definition) is 3. The van der Waals surface area contributed by atoms with E-state index in [1.807, 2.05) is 18.2 Å². The molecule has 3 nitrogen and oxygen atoms in total. The molecule has 7 aromatic carbocycles. The van der Waals surface area contributed by atoms with Crippen molar-refractivity contribution in [1.82, 2.24) is 9.97 Å². The number of para-hydroxylation sites is 1. The average Bonchev–Trinajstić information content (AvgIpc) is 3.66. The lowest BCUT2D eigenvalue weighted by molar-refractivity contribution is 0.660. The summed E-state index contributed by atoms with van der Waals surface area (Å²) in [6.07, 6.45) is 0. The number of fused-ring (bicyclic) bond motifs is 7. The van der Waals surface area contributed by atoms with E-state index in [0.717, 1.165) is 55.4 Å². The number of hydrogen-bond donors (Lipinski definition) is 0. The monoisotopic (exact) mass is 640 g/mol. The minimum absolute atomic E-state index is 0.0643. The van der Waals surface area contributed by atoms with Crippen LogP contribution in [-0.4, -0.2) is 9.97 Å². The molecule has 9 aromatic rings. The third-order valence-electron chi connectivity index (χ3n) is 10.5. The first-order chi connectivity index (χ1) is 24.5. The second kappa shape index (κ2) is 10.8. The van der Waals surface area contributed by atoms with Gasteiger partial charge in [-0.15, -0.1) is 0 Å². The number of benzene rings is 7. The lowest BCUT2D eigenvalue weighted by Crippen LogP contribution is -2.14. The largest absolute Gasteiger partial charge is 0.456 e. The van der Waals surface area contributed by atoms with E-state index in [9.17, 15) is 0 Å². The first-order valence-corrected chi connectivity index (χ1v) is 17.2. The van der Waals surface area contributed by atoms with Crippen molar-refractivity contribution in [2.75, 3.05) is 0 Å². The summed E-state index contributed by atoms with van der Waals surface area (Å²) in [5, 5.41) is 4.52. The maximum atomic E-state index is 6.28. The van der Waals surface area contributed by atoms with Crippen molar-refractivity contribution in [1.29, 1.82) is 0 Å². The minimum atomic E-state index is -0.0643. The molecule has 0 aliphatic heterocycles. The van der Waals surface area contributed by atoms with Gasteiger partial charge >= 0.3 is 0 Å². The minimum Gasteiger partial charge on any atom is -0.456 e. The van der Waals surface area contributed by atoms with E-state index < -0.39 is 0 Å². The van der Waals surface area contributed by atoms with Gasteiger partial charge in [0, 0.05) is 32.9 Å². The Morgan fingerprint density at radius 3 is 1.88 bits per heavy atom. The van der Waals surface area contributed by atoms with Crippen molar-refractivity contribution >= 4 is 32.7 Å². The van der Waals surface area contributed by atoms with Crippen LogP contribution in [-0.2, 0) is 5.41 Å². The highest BCUT2D eigenvalue weighted by Crippen LogP contribution is 2.53. The van der Waals surface area contributed by atoms with Crippen LogP contribution in [0.1, 0.15) is 25.0 Å². The van der Waals surface area contributed by atoms with Gasteiger partial charge in [0.2, 0.25) is 0 Å². The zero-order valence-electron chi connectivity index (χ0n) is 27.8. The summed E-state index contributed by atoms with van der Waals surface area (Å²) in [5.74, 6) is 0.693. The van der Waals surface area contributed by atoms with Gasteiger partial charge < -0.3 is 4.42 Å². The summed E-state index contributed by atoms with van der Waals surface area (Å²) in [7, 11) is 0. The van der Waals surface area contributed by atoms with Gasteiger partial charge in [0.05, 0.1) is 11.4 Å². The third-order valence-corrected chi connectivity index (χ3v) is 10.5. The molecular formula is C47H32N2O. The summed E-state index contributed by atoms with van der Waals surface area (Å²) in [5.41, 5.74) is 14.3. The van der Waals surface area contributed by atoms with Crippen LogP contribution in [0, 0.1) is 0 Å². The van der Waals surface area contributed by atoms with Crippen molar-refractivity contribution in [2.45, 2.75) is 19.3 Å². The molecule has 1 aliphatic rings. The molecule has 0 saturated carbocycles. The van der Waals surface area contributed by atoms with Crippen LogP contribution in [0.5, 0.6) is 0 Å². The van der Waals surface area contributed by atoms with Gasteiger partial charge in [-0.1, -0.05) is 141 Å². The average molecular weight is 641 g/mol. The molecule has 0 atom stereocenters. The molecule has 0 amide bonds. The first kappa shape index (κ1) is 28.7. The Morgan fingerprint density at radius 2 is 1.04 bits per heavy atom. The topological polar surface area (TPSA) is 38.9 Å². The molecule has 0 saturated heterocycles. The highest BCUT2D eigenvalue weighted by molar-refractivity contribution is 6.08. The van der Waals surface area contributed by atoms with E-state index in [-0.39, 0.29) is 5.41 Å². The fourth-order valence-corrected chi connectivity index (χ4v) is 8.07. The summed E-state index contributed by atoms with van der Waals surface area (Å²) >= 11 is 0. The zero-order valence-corrected chi connectivity index (χ0v) is 27.8. The Kier molecular flexibility index (Phi) is 6.22. The van der Waals surface area contributed by atoms with E-state index in [2.05, 4.69) is 153 Å². The lowest BCUT2D eigenvalue weighted by atomic mass is 9.81. The van der Waals surface area contributed by atoms with Crippen molar-refractivity contribution in [3.8, 4) is 56.2 Å². The van der Waals surface area contributed by atoms with E-state index in [0.29, 0.717) is 5.82 Å². The van der Waals surface area contributed by atoms with E-state index in [1.54, 1.807) is 0 Å². The quantitative estimate of drug-likeness (QED) is 0.192. The maximum absolute atomic E-state index is 6.28. The van der Waals surface area contributed by atoms with Crippen molar-refractivity contribution in [3.63, 3.8) is 0 Å². The number of furan rings is 1. The molecule has 10 rings (SSSR count). The summed E-state index contributed by atoms with van der Waals surface area (Å²) in [6.45, 7) is 4.67. The standard InChI is InChI=1S/C47H32N2O/c1-47(2)39-20-10-8-18-38(39)45-36(19-12-21-40(45)47)33-25-26-37(32-16-7-6-15-31(32)33)46-48-41(29-13-4-3-5-14-29)28-42(49-46)30-23-24-35-34-17-9-11-22-43(34)50-44(35)27-30/h3-28H,1-2H3. The Morgan fingerprint density at radius 1 is 0.420 bits per heavy atom. The van der Waals surface area contributed by atoms with Crippen LogP contribution in [0.15, 0.2) is 162 Å². The van der Waals surface area contributed by atoms with Crippen molar-refractivity contribution < 1.29 is 4.42 Å². The van der Waals surface area contributed by atoms with Crippen LogP contribution in [0.25, 0.3) is 88.9 Å². The van der Waals surface area contributed by atoms with Crippen molar-refractivity contribution in [3.05, 3.63) is 169 Å². The lowest BCUT2D eigenvalue weighted by Gasteiger charge is -2.21. The second-order valence-electron chi connectivity index (χ2n) is 13.7. The highest BCUT2D eigenvalue weighted by atomic mass is 16.3. The molecule has 0 fully saturated rings. The fourth-order valence-electron chi connectivity index (χ4n) is 8.07. The molecule has 0 radical (unpaired) electrons. The van der Waals surface area contributed by atoms with Gasteiger partial charge in [-0.2, -0.15) is 0 Å². The van der Waals surface area contributed by atoms with Gasteiger partial charge in [-0.05, 0) is 74.5 Å². The molecule has 2 aromatic heterocycles. The Labute approximate surface area is 290 Å². The predicted molar refractivity (Wildman–Crippen MR) is 206 cm³/mol. The molecule has 0 spiro atoms. The molecule has 0 unspecified atom stereocenters. The van der Waals surface area contributed by atoms with E-state index in [1.165, 1.54) is 38.8 Å². The smallest absolute Gasteiger partial charge is 0.161 e. The Bertz CT molecular complexity index is 2790. The van der Waals surface area contributed by atoms with Crippen molar-refractivity contribution in [2.24, 2.45) is 0 Å². The van der Waals surface area contributed by atoms with E-state index in [4.69, 9.17) is 14.4 Å². The Hall–Kier alpha value is -6.32. The molecule has 3 heteroatoms. The number of rotatable bonds is 4. The first-order valence-electron chi connectivity index (χ1n) is 17.2. The van der Waals surface area contributed by atoms with Gasteiger partial charge in [-0.3, -0.25) is 0 Å². The normalized spacial score (nSPS) is 13.2. The van der Waals surface area contributed by atoms with Crippen LogP contribution < -0.4 is 0 Å². The van der Waals surface area contributed by atoms with Gasteiger partial charge in [0.1, 0.15) is 11.2 Å². The molecule has 50 heavy (non-hydrogen) atoms. The van der Waals surface area contributed by atoms with Gasteiger partial charge in [0.15, 0.2) is 5.82 Å². The third kappa shape index (κ3) is 4.30. The van der Waals surface area contributed by atoms with Crippen LogP contribution in [0.2, 0.25) is 0 Å².